The van der Waals surface area contributed by atoms with E-state index in [2.05, 4.69) is 43.4 Å². The number of aromatic nitrogens is 3. The fourth-order valence-electron chi connectivity index (χ4n) is 1.95. The summed E-state index contributed by atoms with van der Waals surface area (Å²) in [6.07, 6.45) is 3.70. The summed E-state index contributed by atoms with van der Waals surface area (Å²) in [6.45, 7) is 1.15. The molecule has 3 aromatic rings. The lowest BCUT2D eigenvalue weighted by Crippen LogP contribution is -2.08. The number of hydrogen-bond donors (Lipinski definition) is 1. The zero-order chi connectivity index (χ0) is 13.9. The summed E-state index contributed by atoms with van der Waals surface area (Å²) in [7, 11) is 0. The zero-order valence-electron chi connectivity index (χ0n) is 10.7. The van der Waals surface area contributed by atoms with Gasteiger partial charge in [-0.2, -0.15) is 0 Å². The van der Waals surface area contributed by atoms with Gasteiger partial charge in [-0.15, -0.1) is 11.3 Å². The third-order valence-electron chi connectivity index (χ3n) is 2.96. The van der Waals surface area contributed by atoms with Crippen LogP contribution in [0.5, 0.6) is 0 Å². The maximum absolute atomic E-state index is 5.65. The van der Waals surface area contributed by atoms with E-state index in [1.165, 1.54) is 0 Å². The van der Waals surface area contributed by atoms with Crippen molar-refractivity contribution in [3.63, 3.8) is 0 Å². The lowest BCUT2D eigenvalue weighted by molar-refractivity contribution is 0.713. The monoisotopic (exact) mass is 348 g/mol. The van der Waals surface area contributed by atoms with Crippen molar-refractivity contribution in [3.05, 3.63) is 58.0 Å². The van der Waals surface area contributed by atoms with E-state index in [1.54, 1.807) is 17.5 Å². The Morgan fingerprint density at radius 3 is 2.80 bits per heavy atom. The van der Waals surface area contributed by atoms with Crippen molar-refractivity contribution < 1.29 is 0 Å². The van der Waals surface area contributed by atoms with Crippen molar-refractivity contribution >= 4 is 27.3 Å². The average Bonchev–Trinajstić information content (AvgIpc) is 3.09. The first kappa shape index (κ1) is 13.5. The van der Waals surface area contributed by atoms with E-state index in [0.717, 1.165) is 26.6 Å². The van der Waals surface area contributed by atoms with Crippen molar-refractivity contribution in [2.24, 2.45) is 5.73 Å². The number of imidazole rings is 1. The molecule has 0 saturated heterocycles. The van der Waals surface area contributed by atoms with Gasteiger partial charge in [-0.3, -0.25) is 0 Å². The molecule has 6 heteroatoms. The lowest BCUT2D eigenvalue weighted by atomic mass is 10.2. The summed E-state index contributed by atoms with van der Waals surface area (Å²) < 4.78 is 3.10. The van der Waals surface area contributed by atoms with Crippen LogP contribution in [0.15, 0.2) is 46.5 Å². The number of nitrogens with two attached hydrogens (primary N) is 1. The highest BCUT2D eigenvalue weighted by atomic mass is 79.9. The van der Waals surface area contributed by atoms with Crippen molar-refractivity contribution in [1.29, 1.82) is 0 Å². The summed E-state index contributed by atoms with van der Waals surface area (Å²) in [5, 5.41) is 3.11. The number of thiazole rings is 1. The van der Waals surface area contributed by atoms with Gasteiger partial charge in [0, 0.05) is 27.8 Å². The second kappa shape index (κ2) is 5.87. The minimum atomic E-state index is 0.441. The molecule has 0 fully saturated rings. The Morgan fingerprint density at radius 1 is 1.25 bits per heavy atom. The standard InChI is InChI=1S/C14H13BrN4S/c15-11-3-1-10(2-4-11)14-18-12(9-20-14)8-19-6-5-17-13(19)7-16/h1-6,9H,7-8,16H2. The molecule has 0 unspecified atom stereocenters. The van der Waals surface area contributed by atoms with Gasteiger partial charge in [0.15, 0.2) is 0 Å². The molecule has 0 amide bonds. The second-order valence-electron chi connectivity index (χ2n) is 4.33. The first-order chi connectivity index (χ1) is 9.76. The van der Waals surface area contributed by atoms with Gasteiger partial charge in [-0.25, -0.2) is 9.97 Å². The number of benzene rings is 1. The highest BCUT2D eigenvalue weighted by molar-refractivity contribution is 9.10. The first-order valence-electron chi connectivity index (χ1n) is 6.16. The number of halogens is 1. The molecule has 0 aliphatic carbocycles. The Bertz CT molecular complexity index is 702. The Labute approximate surface area is 129 Å². The average molecular weight is 349 g/mol. The second-order valence-corrected chi connectivity index (χ2v) is 6.10. The molecule has 102 valence electrons. The quantitative estimate of drug-likeness (QED) is 0.787. The predicted molar refractivity (Wildman–Crippen MR) is 84.5 cm³/mol. The van der Waals surface area contributed by atoms with Crippen LogP contribution in [-0.4, -0.2) is 14.5 Å². The molecule has 0 aliphatic rings. The third-order valence-corrected chi connectivity index (χ3v) is 4.43. The molecule has 3 rings (SSSR count). The van der Waals surface area contributed by atoms with Crippen molar-refractivity contribution in [1.82, 2.24) is 14.5 Å². The van der Waals surface area contributed by atoms with Crippen LogP contribution in [0.4, 0.5) is 0 Å². The Balaban J connectivity index is 1.82. The van der Waals surface area contributed by atoms with Gasteiger partial charge in [-0.1, -0.05) is 28.1 Å². The van der Waals surface area contributed by atoms with Crippen LogP contribution >= 0.6 is 27.3 Å². The van der Waals surface area contributed by atoms with E-state index in [0.29, 0.717) is 13.1 Å². The topological polar surface area (TPSA) is 56.7 Å². The fourth-order valence-corrected chi connectivity index (χ4v) is 3.03. The summed E-state index contributed by atoms with van der Waals surface area (Å²) in [6, 6.07) is 8.18. The fraction of sp³-hybridized carbons (Fsp3) is 0.143. The third kappa shape index (κ3) is 2.82. The summed E-state index contributed by atoms with van der Waals surface area (Å²) in [5.74, 6) is 0.878. The first-order valence-corrected chi connectivity index (χ1v) is 7.84. The zero-order valence-corrected chi connectivity index (χ0v) is 13.1. The van der Waals surface area contributed by atoms with Crippen LogP contribution in [-0.2, 0) is 13.1 Å². The van der Waals surface area contributed by atoms with Gasteiger partial charge < -0.3 is 10.3 Å². The van der Waals surface area contributed by atoms with Crippen LogP contribution in [0.2, 0.25) is 0 Å². The van der Waals surface area contributed by atoms with Gasteiger partial charge in [-0.05, 0) is 12.1 Å². The molecule has 1 aromatic carbocycles. The van der Waals surface area contributed by atoms with Gasteiger partial charge in [0.05, 0.1) is 18.8 Å². The van der Waals surface area contributed by atoms with E-state index in [1.807, 2.05) is 22.9 Å². The minimum absolute atomic E-state index is 0.441. The highest BCUT2D eigenvalue weighted by Crippen LogP contribution is 2.25. The lowest BCUT2D eigenvalue weighted by Gasteiger charge is -2.03. The molecule has 0 radical (unpaired) electrons. The smallest absolute Gasteiger partial charge is 0.123 e. The molecule has 2 heterocycles. The number of rotatable bonds is 4. The van der Waals surface area contributed by atoms with Crippen LogP contribution in [0, 0.1) is 0 Å². The van der Waals surface area contributed by atoms with Crippen LogP contribution in [0.25, 0.3) is 10.6 Å². The molecule has 0 atom stereocenters. The molecular formula is C14H13BrN4S. The van der Waals surface area contributed by atoms with Gasteiger partial charge in [0.1, 0.15) is 10.8 Å². The van der Waals surface area contributed by atoms with Gasteiger partial charge in [0.25, 0.3) is 0 Å². The van der Waals surface area contributed by atoms with E-state index in [-0.39, 0.29) is 0 Å². The van der Waals surface area contributed by atoms with Crippen LogP contribution < -0.4 is 5.73 Å². The molecule has 0 saturated carbocycles. The van der Waals surface area contributed by atoms with Crippen molar-refractivity contribution in [3.8, 4) is 10.6 Å². The molecule has 0 bridgehead atoms. The summed E-state index contributed by atoms with van der Waals surface area (Å²) >= 11 is 5.09. The van der Waals surface area contributed by atoms with E-state index >= 15 is 0 Å². The molecular weight excluding hydrogens is 336 g/mol. The minimum Gasteiger partial charge on any atom is -0.328 e. The molecule has 2 aromatic heterocycles. The molecule has 20 heavy (non-hydrogen) atoms. The van der Waals surface area contributed by atoms with Gasteiger partial charge >= 0.3 is 0 Å². The molecule has 4 nitrogen and oxygen atoms in total. The van der Waals surface area contributed by atoms with Crippen molar-refractivity contribution in [2.45, 2.75) is 13.1 Å². The summed E-state index contributed by atoms with van der Waals surface area (Å²) in [5.41, 5.74) is 7.82. The molecule has 2 N–H and O–H groups in total. The Morgan fingerprint density at radius 2 is 2.05 bits per heavy atom. The maximum atomic E-state index is 5.65. The van der Waals surface area contributed by atoms with E-state index in [9.17, 15) is 0 Å². The molecule has 0 aliphatic heterocycles. The Kier molecular flexibility index (Phi) is 3.95. The SMILES string of the molecule is NCc1nccn1Cc1csc(-c2ccc(Br)cc2)n1. The summed E-state index contributed by atoms with van der Waals surface area (Å²) in [4.78, 5) is 8.89. The normalized spacial score (nSPS) is 10.9. The van der Waals surface area contributed by atoms with Crippen LogP contribution in [0.1, 0.15) is 11.5 Å². The van der Waals surface area contributed by atoms with Gasteiger partial charge in [0.2, 0.25) is 0 Å². The number of hydrogen-bond acceptors (Lipinski definition) is 4. The van der Waals surface area contributed by atoms with Crippen LogP contribution in [0.3, 0.4) is 0 Å². The van der Waals surface area contributed by atoms with E-state index in [4.69, 9.17) is 5.73 Å². The number of nitrogens with zero attached hydrogens (tertiary/aromatic N) is 3. The largest absolute Gasteiger partial charge is 0.328 e. The maximum Gasteiger partial charge on any atom is 0.123 e. The highest BCUT2D eigenvalue weighted by Gasteiger charge is 2.07. The van der Waals surface area contributed by atoms with Crippen molar-refractivity contribution in [2.75, 3.05) is 0 Å². The molecule has 0 spiro atoms. The predicted octanol–water partition coefficient (Wildman–Crippen LogP) is 3.28. The Hall–Kier alpha value is -1.50. The van der Waals surface area contributed by atoms with E-state index < -0.39 is 0 Å².